The Morgan fingerprint density at radius 2 is 2.13 bits per heavy atom. The molecule has 2 N–H and O–H groups in total. The molecule has 0 aliphatic carbocycles. The van der Waals surface area contributed by atoms with Crippen LogP contribution in [0, 0.1) is 6.92 Å². The minimum Gasteiger partial charge on any atom is -0.496 e. The smallest absolute Gasteiger partial charge is 0.128 e. The first-order valence-electron chi connectivity index (χ1n) is 4.53. The van der Waals surface area contributed by atoms with Crippen LogP contribution in [0.1, 0.15) is 5.56 Å². The lowest BCUT2D eigenvalue weighted by molar-refractivity contribution is 0.419. The Balaban J connectivity index is 2.88. The van der Waals surface area contributed by atoms with E-state index in [2.05, 4.69) is 4.98 Å². The predicted molar refractivity (Wildman–Crippen MR) is 62.5 cm³/mol. The van der Waals surface area contributed by atoms with Crippen molar-refractivity contribution in [3.63, 3.8) is 0 Å². The lowest BCUT2D eigenvalue weighted by Crippen LogP contribution is -1.96. The van der Waals surface area contributed by atoms with Gasteiger partial charge in [-0.2, -0.15) is 0 Å². The number of anilines is 1. The summed E-state index contributed by atoms with van der Waals surface area (Å²) in [5, 5.41) is 1.47. The lowest BCUT2D eigenvalue weighted by Gasteiger charge is -2.08. The first-order valence-corrected chi connectivity index (χ1v) is 4.90. The molecular weight excluding hydrogens is 212 g/mol. The summed E-state index contributed by atoms with van der Waals surface area (Å²) in [6, 6.07) is 5.51. The molecule has 0 saturated carbocycles. The third kappa shape index (κ3) is 1.59. The van der Waals surface area contributed by atoms with E-state index in [0.717, 1.165) is 16.7 Å². The number of aryl methyl sites for hydroxylation is 1. The normalized spacial score (nSPS) is 10.6. The van der Waals surface area contributed by atoms with Crippen molar-refractivity contribution in [2.45, 2.75) is 6.92 Å². The number of nitrogen functional groups attached to an aromatic ring is 1. The van der Waals surface area contributed by atoms with Gasteiger partial charge in [-0.25, -0.2) is 4.98 Å². The van der Waals surface area contributed by atoms with Crippen LogP contribution in [0.3, 0.4) is 0 Å². The van der Waals surface area contributed by atoms with Crippen LogP contribution in [0.15, 0.2) is 18.2 Å². The average molecular weight is 223 g/mol. The van der Waals surface area contributed by atoms with E-state index in [9.17, 15) is 0 Å². The molecule has 0 unspecified atom stereocenters. The van der Waals surface area contributed by atoms with Crippen LogP contribution in [0.2, 0.25) is 5.02 Å². The van der Waals surface area contributed by atoms with Crippen molar-refractivity contribution in [2.75, 3.05) is 12.8 Å². The van der Waals surface area contributed by atoms with Crippen LogP contribution in [0.4, 0.5) is 5.82 Å². The van der Waals surface area contributed by atoms with Crippen LogP contribution >= 0.6 is 11.6 Å². The summed E-state index contributed by atoms with van der Waals surface area (Å²) < 4.78 is 5.24. The van der Waals surface area contributed by atoms with Gasteiger partial charge in [0.2, 0.25) is 0 Å². The Morgan fingerprint density at radius 3 is 2.80 bits per heavy atom. The number of nitrogens with zero attached hydrogens (tertiary/aromatic N) is 1. The highest BCUT2D eigenvalue weighted by Crippen LogP contribution is 2.31. The lowest BCUT2D eigenvalue weighted by atomic mass is 10.1. The number of halogens is 1. The van der Waals surface area contributed by atoms with E-state index >= 15 is 0 Å². The zero-order valence-electron chi connectivity index (χ0n) is 8.54. The molecule has 0 amide bonds. The first kappa shape index (κ1) is 10.1. The summed E-state index contributed by atoms with van der Waals surface area (Å²) in [6.45, 7) is 1.90. The molecule has 0 spiro atoms. The van der Waals surface area contributed by atoms with Crippen LogP contribution in [0.5, 0.6) is 5.75 Å². The number of aromatic nitrogens is 1. The highest BCUT2D eigenvalue weighted by atomic mass is 35.5. The maximum Gasteiger partial charge on any atom is 0.128 e. The van der Waals surface area contributed by atoms with Gasteiger partial charge < -0.3 is 10.5 Å². The number of rotatable bonds is 1. The maximum atomic E-state index is 6.04. The van der Waals surface area contributed by atoms with Crippen LogP contribution < -0.4 is 10.5 Å². The van der Waals surface area contributed by atoms with E-state index in [1.165, 1.54) is 0 Å². The summed E-state index contributed by atoms with van der Waals surface area (Å²) in [7, 11) is 1.62. The molecule has 2 rings (SSSR count). The largest absolute Gasteiger partial charge is 0.496 e. The van der Waals surface area contributed by atoms with Gasteiger partial charge in [-0.05, 0) is 30.7 Å². The van der Waals surface area contributed by atoms with E-state index in [0.29, 0.717) is 16.4 Å². The molecule has 0 fully saturated rings. The summed E-state index contributed by atoms with van der Waals surface area (Å²) in [6.07, 6.45) is 0. The van der Waals surface area contributed by atoms with Crippen molar-refractivity contribution in [3.05, 3.63) is 28.8 Å². The van der Waals surface area contributed by atoms with Gasteiger partial charge in [-0.1, -0.05) is 11.6 Å². The van der Waals surface area contributed by atoms with Gasteiger partial charge in [0.1, 0.15) is 11.6 Å². The number of fused-ring (bicyclic) bond motifs is 1. The second-order valence-electron chi connectivity index (χ2n) is 3.34. The van der Waals surface area contributed by atoms with Gasteiger partial charge >= 0.3 is 0 Å². The number of pyridine rings is 1. The first-order chi connectivity index (χ1) is 7.13. The molecule has 1 aromatic heterocycles. The number of methoxy groups -OCH3 is 1. The van der Waals surface area contributed by atoms with E-state index in [4.69, 9.17) is 22.1 Å². The summed E-state index contributed by atoms with van der Waals surface area (Å²) in [4.78, 5) is 4.25. The second-order valence-corrected chi connectivity index (χ2v) is 3.74. The van der Waals surface area contributed by atoms with Gasteiger partial charge in [0, 0.05) is 5.39 Å². The molecule has 3 nitrogen and oxygen atoms in total. The fourth-order valence-electron chi connectivity index (χ4n) is 1.49. The molecule has 78 valence electrons. The molecule has 1 heterocycles. The molecule has 0 aliphatic rings. The number of ether oxygens (including phenoxy) is 1. The number of hydrogen-bond acceptors (Lipinski definition) is 3. The van der Waals surface area contributed by atoms with Gasteiger partial charge in [0.05, 0.1) is 17.6 Å². The Kier molecular flexibility index (Phi) is 2.40. The van der Waals surface area contributed by atoms with Crippen molar-refractivity contribution in [2.24, 2.45) is 0 Å². The monoisotopic (exact) mass is 222 g/mol. The molecule has 0 aliphatic heterocycles. The Hall–Kier alpha value is -1.48. The fraction of sp³-hybridized carbons (Fsp3) is 0.182. The SMILES string of the molecule is COc1ccc(Cl)c2nc(N)c(C)cc12. The van der Waals surface area contributed by atoms with E-state index in [1.54, 1.807) is 13.2 Å². The minimum atomic E-state index is 0.498. The van der Waals surface area contributed by atoms with Gasteiger partial charge in [-0.3, -0.25) is 0 Å². The second kappa shape index (κ2) is 3.59. The van der Waals surface area contributed by atoms with Gasteiger partial charge in [0.15, 0.2) is 0 Å². The third-order valence-electron chi connectivity index (χ3n) is 2.34. The van der Waals surface area contributed by atoms with Crippen LogP contribution in [-0.4, -0.2) is 12.1 Å². The molecule has 0 saturated heterocycles. The Bertz CT molecular complexity index is 525. The fourth-order valence-corrected chi connectivity index (χ4v) is 1.70. The molecule has 0 atom stereocenters. The van der Waals surface area contributed by atoms with Crippen molar-refractivity contribution in [1.82, 2.24) is 4.98 Å². The third-order valence-corrected chi connectivity index (χ3v) is 2.65. The zero-order valence-corrected chi connectivity index (χ0v) is 9.30. The number of nitrogens with two attached hydrogens (primary N) is 1. The van der Waals surface area contributed by atoms with E-state index in [1.807, 2.05) is 19.1 Å². The highest BCUT2D eigenvalue weighted by molar-refractivity contribution is 6.35. The van der Waals surface area contributed by atoms with Crippen molar-refractivity contribution in [3.8, 4) is 5.75 Å². The topological polar surface area (TPSA) is 48.1 Å². The molecule has 2 aromatic rings. The molecule has 1 aromatic carbocycles. The van der Waals surface area contributed by atoms with Crippen LogP contribution in [-0.2, 0) is 0 Å². The zero-order chi connectivity index (χ0) is 11.0. The molecule has 4 heteroatoms. The summed E-state index contributed by atoms with van der Waals surface area (Å²) in [5.41, 5.74) is 7.34. The maximum absolute atomic E-state index is 6.04. The summed E-state index contributed by atoms with van der Waals surface area (Å²) >= 11 is 6.04. The summed E-state index contributed by atoms with van der Waals surface area (Å²) in [5.74, 6) is 1.25. The van der Waals surface area contributed by atoms with E-state index < -0.39 is 0 Å². The van der Waals surface area contributed by atoms with Gasteiger partial charge in [0.25, 0.3) is 0 Å². The van der Waals surface area contributed by atoms with Gasteiger partial charge in [-0.15, -0.1) is 0 Å². The highest BCUT2D eigenvalue weighted by Gasteiger charge is 2.08. The Morgan fingerprint density at radius 1 is 1.40 bits per heavy atom. The Labute approximate surface area is 92.8 Å². The molecule has 15 heavy (non-hydrogen) atoms. The average Bonchev–Trinajstić information content (AvgIpc) is 2.22. The number of hydrogen-bond donors (Lipinski definition) is 1. The molecule has 0 radical (unpaired) electrons. The van der Waals surface area contributed by atoms with Crippen molar-refractivity contribution < 1.29 is 4.74 Å². The quantitative estimate of drug-likeness (QED) is 0.807. The standard InChI is InChI=1S/C11H11ClN2O/c1-6-5-7-9(15-2)4-3-8(12)10(7)14-11(6)13/h3-5H,1-2H3,(H2,13,14). The molecular formula is C11H11ClN2O. The van der Waals surface area contributed by atoms with E-state index in [-0.39, 0.29) is 0 Å². The van der Waals surface area contributed by atoms with Crippen molar-refractivity contribution in [1.29, 1.82) is 0 Å². The minimum absolute atomic E-state index is 0.498. The van der Waals surface area contributed by atoms with Crippen LogP contribution in [0.25, 0.3) is 10.9 Å². The number of benzene rings is 1. The predicted octanol–water partition coefficient (Wildman–Crippen LogP) is 2.79. The molecule has 0 bridgehead atoms. The van der Waals surface area contributed by atoms with Crippen molar-refractivity contribution >= 4 is 28.3 Å².